The van der Waals surface area contributed by atoms with Crippen molar-refractivity contribution in [2.24, 2.45) is 0 Å². The predicted molar refractivity (Wildman–Crippen MR) is 130 cm³/mol. The second-order valence-electron chi connectivity index (χ2n) is 7.75. The number of carbonyl (C=O) groups is 2. The number of aromatic nitrogens is 1. The van der Waals surface area contributed by atoms with Crippen LogP contribution in [0.1, 0.15) is 43.0 Å². The standard InChI is InChI=1S/C27H20ClN3O3/c1-17-10-12-22(26(32)29-30-27(33)25-18(2)6-5-8-23(25)28)15-20(17)13-11-19-14-21-7-3-4-9-24(21)31(34)16-19/h3-10,12,14-16H,1-2H3,(H2-,29,30,32,33,34)/p+1. The Labute approximate surface area is 201 Å². The van der Waals surface area contributed by atoms with Gasteiger partial charge in [0, 0.05) is 21.9 Å². The van der Waals surface area contributed by atoms with Gasteiger partial charge >= 0.3 is 0 Å². The number of amides is 2. The van der Waals surface area contributed by atoms with Crippen LogP contribution in [0.5, 0.6) is 0 Å². The summed E-state index contributed by atoms with van der Waals surface area (Å²) in [4.78, 5) is 25.1. The van der Waals surface area contributed by atoms with E-state index in [1.54, 1.807) is 43.3 Å². The van der Waals surface area contributed by atoms with E-state index >= 15 is 0 Å². The predicted octanol–water partition coefficient (Wildman–Crippen LogP) is 4.11. The van der Waals surface area contributed by atoms with E-state index in [9.17, 15) is 14.8 Å². The monoisotopic (exact) mass is 470 g/mol. The van der Waals surface area contributed by atoms with Gasteiger partial charge in [-0.25, -0.2) is 0 Å². The number of benzene rings is 3. The molecule has 4 aromatic rings. The van der Waals surface area contributed by atoms with Crippen molar-refractivity contribution in [2.45, 2.75) is 13.8 Å². The Bertz CT molecular complexity index is 1480. The maximum Gasteiger partial charge on any atom is 0.271 e. The minimum Gasteiger partial charge on any atom is -0.284 e. The number of hydrazine groups is 1. The lowest BCUT2D eigenvalue weighted by atomic mass is 10.0. The summed E-state index contributed by atoms with van der Waals surface area (Å²) in [6.07, 6.45) is 1.54. The molecule has 3 N–H and O–H groups in total. The minimum atomic E-state index is -0.503. The molecule has 0 fully saturated rings. The lowest BCUT2D eigenvalue weighted by Gasteiger charge is -2.11. The second kappa shape index (κ2) is 9.65. The molecule has 34 heavy (non-hydrogen) atoms. The van der Waals surface area contributed by atoms with E-state index in [1.807, 2.05) is 37.3 Å². The summed E-state index contributed by atoms with van der Waals surface area (Å²) in [5.74, 6) is 5.11. The van der Waals surface area contributed by atoms with E-state index in [4.69, 9.17) is 11.6 Å². The highest BCUT2D eigenvalue weighted by Crippen LogP contribution is 2.19. The Morgan fingerprint density at radius 1 is 0.882 bits per heavy atom. The molecule has 0 atom stereocenters. The van der Waals surface area contributed by atoms with Gasteiger partial charge in [0.2, 0.25) is 6.20 Å². The van der Waals surface area contributed by atoms with Crippen LogP contribution in [0.15, 0.2) is 72.9 Å². The summed E-state index contributed by atoms with van der Waals surface area (Å²) in [6.45, 7) is 3.65. The largest absolute Gasteiger partial charge is 0.284 e. The van der Waals surface area contributed by atoms with Crippen molar-refractivity contribution in [1.82, 2.24) is 10.9 Å². The van der Waals surface area contributed by atoms with Gasteiger partial charge in [-0.2, -0.15) is 0 Å². The van der Waals surface area contributed by atoms with E-state index in [0.29, 0.717) is 38.4 Å². The van der Waals surface area contributed by atoms with Crippen molar-refractivity contribution < 1.29 is 19.5 Å². The van der Waals surface area contributed by atoms with Gasteiger partial charge in [0.1, 0.15) is 0 Å². The number of para-hydroxylation sites is 1. The van der Waals surface area contributed by atoms with Crippen LogP contribution < -0.4 is 15.6 Å². The van der Waals surface area contributed by atoms with Crippen LogP contribution in [0.4, 0.5) is 0 Å². The Morgan fingerprint density at radius 3 is 2.44 bits per heavy atom. The average Bonchev–Trinajstić information content (AvgIpc) is 2.82. The highest BCUT2D eigenvalue weighted by molar-refractivity contribution is 6.34. The Kier molecular flexibility index (Phi) is 6.48. The molecule has 0 aliphatic heterocycles. The molecule has 1 heterocycles. The van der Waals surface area contributed by atoms with E-state index in [-0.39, 0.29) is 0 Å². The van der Waals surface area contributed by atoms with Crippen molar-refractivity contribution in [1.29, 1.82) is 0 Å². The van der Waals surface area contributed by atoms with Gasteiger partial charge in [-0.05, 0) is 55.3 Å². The molecule has 4 rings (SSSR count). The zero-order chi connectivity index (χ0) is 24.2. The number of carbonyl (C=O) groups excluding carboxylic acids is 2. The number of pyridine rings is 1. The minimum absolute atomic E-state index is 0.302. The first-order valence-electron chi connectivity index (χ1n) is 10.5. The van der Waals surface area contributed by atoms with Crippen LogP contribution in [0.25, 0.3) is 10.9 Å². The highest BCUT2D eigenvalue weighted by Gasteiger charge is 2.15. The number of hydrogen-bond donors (Lipinski definition) is 3. The summed E-state index contributed by atoms with van der Waals surface area (Å²) in [5.41, 5.74) is 9.00. The summed E-state index contributed by atoms with van der Waals surface area (Å²) in [5, 5.41) is 11.4. The number of nitrogens with one attached hydrogen (secondary N) is 2. The summed E-state index contributed by atoms with van der Waals surface area (Å²) in [7, 11) is 0. The van der Waals surface area contributed by atoms with Crippen LogP contribution in [-0.4, -0.2) is 17.0 Å². The Morgan fingerprint density at radius 2 is 1.65 bits per heavy atom. The third kappa shape index (κ3) is 4.85. The lowest BCUT2D eigenvalue weighted by Crippen LogP contribution is -2.42. The van der Waals surface area contributed by atoms with Gasteiger partial charge in [0.25, 0.3) is 17.3 Å². The molecule has 2 amide bonds. The van der Waals surface area contributed by atoms with Crippen molar-refractivity contribution in [3.63, 3.8) is 0 Å². The van der Waals surface area contributed by atoms with Crippen molar-refractivity contribution in [3.05, 3.63) is 111 Å². The summed E-state index contributed by atoms with van der Waals surface area (Å²) in [6, 6.07) is 19.5. The van der Waals surface area contributed by atoms with Gasteiger partial charge in [0.15, 0.2) is 0 Å². The molecule has 1 aromatic heterocycles. The molecule has 168 valence electrons. The molecule has 0 bridgehead atoms. The highest BCUT2D eigenvalue weighted by atomic mass is 35.5. The smallest absolute Gasteiger partial charge is 0.271 e. The number of fused-ring (bicyclic) bond motifs is 1. The van der Waals surface area contributed by atoms with Gasteiger partial charge in [-0.1, -0.05) is 53.8 Å². The van der Waals surface area contributed by atoms with Gasteiger partial charge in [0.05, 0.1) is 21.5 Å². The summed E-state index contributed by atoms with van der Waals surface area (Å²) < 4.78 is 1.04. The van der Waals surface area contributed by atoms with Gasteiger partial charge in [-0.15, -0.1) is 0 Å². The molecular formula is C27H21ClN3O3+. The van der Waals surface area contributed by atoms with E-state index in [1.165, 1.54) is 6.20 Å². The molecule has 6 nitrogen and oxygen atoms in total. The fourth-order valence-corrected chi connectivity index (χ4v) is 3.81. The molecule has 0 unspecified atom stereocenters. The van der Waals surface area contributed by atoms with Gasteiger partial charge < -0.3 is 0 Å². The van der Waals surface area contributed by atoms with Crippen molar-refractivity contribution in [2.75, 3.05) is 0 Å². The molecule has 0 radical (unpaired) electrons. The molecular weight excluding hydrogens is 450 g/mol. The number of nitrogens with zero attached hydrogens (tertiary/aromatic N) is 1. The van der Waals surface area contributed by atoms with Crippen LogP contribution in [0.3, 0.4) is 0 Å². The van der Waals surface area contributed by atoms with Gasteiger partial charge in [-0.3, -0.25) is 25.6 Å². The quantitative estimate of drug-likeness (QED) is 0.178. The normalized spacial score (nSPS) is 10.3. The maximum absolute atomic E-state index is 12.6. The van der Waals surface area contributed by atoms with E-state index < -0.39 is 11.8 Å². The molecule has 0 saturated carbocycles. The fourth-order valence-electron chi connectivity index (χ4n) is 3.50. The second-order valence-corrected chi connectivity index (χ2v) is 8.16. The summed E-state index contributed by atoms with van der Waals surface area (Å²) >= 11 is 6.12. The SMILES string of the molecule is Cc1ccc(C(=O)NNC(=O)c2c(C)cccc2Cl)cc1C#Cc1cc2ccccc2[n+](O)c1. The van der Waals surface area contributed by atoms with Crippen LogP contribution >= 0.6 is 11.6 Å². The topological polar surface area (TPSA) is 82.3 Å². The number of rotatable bonds is 2. The molecule has 0 aliphatic carbocycles. The fraction of sp³-hybridized carbons (Fsp3) is 0.0741. The molecule has 3 aromatic carbocycles. The molecule has 7 heteroatoms. The molecule has 0 spiro atoms. The van der Waals surface area contributed by atoms with Crippen molar-refractivity contribution in [3.8, 4) is 11.8 Å². The number of hydrogen-bond acceptors (Lipinski definition) is 3. The first-order valence-corrected chi connectivity index (χ1v) is 10.8. The Hall–Kier alpha value is -4.34. The van der Waals surface area contributed by atoms with Crippen LogP contribution in [-0.2, 0) is 0 Å². The lowest BCUT2D eigenvalue weighted by molar-refractivity contribution is -0.884. The Balaban J connectivity index is 1.53. The van der Waals surface area contributed by atoms with Crippen molar-refractivity contribution >= 4 is 34.3 Å². The number of aryl methyl sites for hydroxylation is 2. The third-order valence-corrected chi connectivity index (χ3v) is 5.65. The third-order valence-electron chi connectivity index (χ3n) is 5.34. The molecule has 0 saturated heterocycles. The van der Waals surface area contributed by atoms with E-state index in [2.05, 4.69) is 22.7 Å². The maximum atomic E-state index is 12.6. The first kappa shape index (κ1) is 22.8. The number of halogens is 1. The van der Waals surface area contributed by atoms with Crippen LogP contribution in [0, 0.1) is 25.7 Å². The molecule has 0 aliphatic rings. The van der Waals surface area contributed by atoms with Crippen LogP contribution in [0.2, 0.25) is 5.02 Å². The zero-order valence-corrected chi connectivity index (χ0v) is 19.3. The first-order chi connectivity index (χ1) is 16.3. The average molecular weight is 471 g/mol. The zero-order valence-electron chi connectivity index (χ0n) is 18.5. The van der Waals surface area contributed by atoms with E-state index in [0.717, 1.165) is 15.7 Å².